The number of carbonyl (C=O) groups excluding carboxylic acids is 1. The molecule has 1 aliphatic heterocycles. The smallest absolute Gasteiger partial charge is 0.256 e. The van der Waals surface area contributed by atoms with Gasteiger partial charge in [-0.2, -0.15) is 14.1 Å². The van der Waals surface area contributed by atoms with Crippen molar-refractivity contribution in [3.8, 4) is 10.9 Å². The second-order valence-electron chi connectivity index (χ2n) is 8.98. The van der Waals surface area contributed by atoms with Crippen LogP contribution in [0.5, 0.6) is 5.75 Å². The highest BCUT2D eigenvalue weighted by Gasteiger charge is 2.28. The van der Waals surface area contributed by atoms with E-state index in [9.17, 15) is 13.2 Å². The van der Waals surface area contributed by atoms with E-state index in [1.165, 1.54) is 39.9 Å². The van der Waals surface area contributed by atoms with Crippen LogP contribution in [0.3, 0.4) is 0 Å². The number of aryl methyl sites for hydroxylation is 1. The van der Waals surface area contributed by atoms with Crippen molar-refractivity contribution >= 4 is 43.3 Å². The third-order valence-electron chi connectivity index (χ3n) is 6.33. The number of benzene rings is 2. The van der Waals surface area contributed by atoms with Crippen LogP contribution in [0, 0.1) is 12.8 Å². The fourth-order valence-corrected chi connectivity index (χ4v) is 6.57. The van der Waals surface area contributed by atoms with Crippen LogP contribution in [0.15, 0.2) is 53.4 Å². The van der Waals surface area contributed by atoms with Crippen LogP contribution < -0.4 is 10.1 Å². The van der Waals surface area contributed by atoms with E-state index in [0.717, 1.165) is 28.8 Å². The lowest BCUT2D eigenvalue weighted by atomic mass is 10.0. The van der Waals surface area contributed by atoms with E-state index in [-0.39, 0.29) is 10.8 Å². The maximum atomic E-state index is 13.0. The lowest BCUT2D eigenvalue weighted by molar-refractivity contribution is 0.102. The van der Waals surface area contributed by atoms with Crippen LogP contribution in [0.25, 0.3) is 15.3 Å². The van der Waals surface area contributed by atoms with E-state index in [2.05, 4.69) is 22.3 Å². The molecule has 2 aromatic carbocycles. The van der Waals surface area contributed by atoms with Crippen molar-refractivity contribution in [2.45, 2.75) is 31.6 Å². The summed E-state index contributed by atoms with van der Waals surface area (Å²) in [5.74, 6) is 1.35. The van der Waals surface area contributed by atoms with Crippen molar-refractivity contribution in [2.75, 3.05) is 25.5 Å². The lowest BCUT2D eigenvalue weighted by Gasteiger charge is -2.29. The molecule has 4 aromatic rings. The Bertz CT molecular complexity index is 1520. The quantitative estimate of drug-likeness (QED) is 0.398. The molecular formula is C25H27N5O4S2. The number of nitrogens with zero attached hydrogens (tertiary/aromatic N) is 4. The molecule has 11 heteroatoms. The van der Waals surface area contributed by atoms with Crippen molar-refractivity contribution in [1.29, 1.82) is 0 Å². The molecule has 1 saturated heterocycles. The number of piperidine rings is 1. The molecule has 9 nitrogen and oxygen atoms in total. The van der Waals surface area contributed by atoms with E-state index < -0.39 is 10.0 Å². The zero-order valence-corrected chi connectivity index (χ0v) is 21.9. The average molecular weight is 526 g/mol. The third kappa shape index (κ3) is 4.73. The molecule has 1 fully saturated rings. The molecule has 0 atom stereocenters. The minimum Gasteiger partial charge on any atom is -0.497 e. The number of amides is 1. The van der Waals surface area contributed by atoms with E-state index in [0.29, 0.717) is 41.3 Å². The Morgan fingerprint density at radius 1 is 1.11 bits per heavy atom. The number of anilines is 1. The van der Waals surface area contributed by atoms with Crippen LogP contribution in [0.2, 0.25) is 0 Å². The van der Waals surface area contributed by atoms with Crippen molar-refractivity contribution in [2.24, 2.45) is 5.92 Å². The summed E-state index contributed by atoms with van der Waals surface area (Å²) in [6.45, 7) is 5.02. The monoisotopic (exact) mass is 525 g/mol. The molecule has 188 valence electrons. The highest BCUT2D eigenvalue weighted by Crippen LogP contribution is 2.30. The maximum absolute atomic E-state index is 13.0. The molecule has 0 unspecified atom stereocenters. The third-order valence-corrected chi connectivity index (χ3v) is 9.26. The van der Waals surface area contributed by atoms with Crippen molar-refractivity contribution in [3.63, 3.8) is 0 Å². The molecule has 3 heterocycles. The Labute approximate surface area is 213 Å². The number of carbonyl (C=O) groups is 1. The topological polar surface area (TPSA) is 106 Å². The van der Waals surface area contributed by atoms with Crippen LogP contribution >= 0.6 is 11.3 Å². The molecule has 0 radical (unpaired) electrons. The van der Waals surface area contributed by atoms with Gasteiger partial charge >= 0.3 is 0 Å². The Kier molecular flexibility index (Phi) is 6.54. The van der Waals surface area contributed by atoms with Crippen molar-refractivity contribution in [1.82, 2.24) is 19.1 Å². The molecule has 1 aliphatic rings. The van der Waals surface area contributed by atoms with Gasteiger partial charge in [-0.1, -0.05) is 18.3 Å². The number of ether oxygens (including phenoxy) is 1. The average Bonchev–Trinajstić information content (AvgIpc) is 3.46. The molecule has 0 saturated carbocycles. The Balaban J connectivity index is 1.35. The van der Waals surface area contributed by atoms with E-state index in [1.54, 1.807) is 17.9 Å². The zero-order valence-electron chi connectivity index (χ0n) is 20.3. The number of hydrogen-bond acceptors (Lipinski definition) is 7. The minimum absolute atomic E-state index is 0.194. The number of methoxy groups -OCH3 is 1. The normalized spacial score (nSPS) is 15.3. The van der Waals surface area contributed by atoms with Gasteiger partial charge in [0, 0.05) is 30.8 Å². The molecule has 0 aliphatic carbocycles. The number of thiazole rings is 1. The number of hydrogen-bond donors (Lipinski definition) is 1. The Morgan fingerprint density at radius 2 is 1.83 bits per heavy atom. The van der Waals surface area contributed by atoms with Crippen LogP contribution in [-0.4, -0.2) is 53.6 Å². The summed E-state index contributed by atoms with van der Waals surface area (Å²) in [4.78, 5) is 17.9. The molecule has 2 aromatic heterocycles. The molecule has 0 bridgehead atoms. The molecule has 36 heavy (non-hydrogen) atoms. The SMILES string of the molecule is COc1ccc2sc(-n3nc(C)cc3NC(=O)c3ccc(S(=O)(=O)N4CCC(C)CC4)cc3)nc2c1. The van der Waals surface area contributed by atoms with Crippen LogP contribution in [0.4, 0.5) is 5.82 Å². The first-order valence-electron chi connectivity index (χ1n) is 11.7. The molecule has 1 N–H and O–H groups in total. The molecule has 0 spiro atoms. The Morgan fingerprint density at radius 3 is 2.53 bits per heavy atom. The number of nitrogens with one attached hydrogen (secondary N) is 1. The maximum Gasteiger partial charge on any atom is 0.256 e. The summed E-state index contributed by atoms with van der Waals surface area (Å²) in [6, 6.07) is 13.5. The standard InChI is InChI=1S/C25H27N5O4S2/c1-16-10-12-29(13-11-16)36(32,33)20-7-4-18(5-8-20)24(31)27-23-14-17(2)28-30(23)25-26-21-15-19(34-3)6-9-22(21)35-25/h4-9,14-16H,10-13H2,1-3H3,(H,27,31). The number of fused-ring (bicyclic) bond motifs is 1. The first-order valence-corrected chi connectivity index (χ1v) is 13.9. The summed E-state index contributed by atoms with van der Waals surface area (Å²) in [5, 5.41) is 8.00. The van der Waals surface area contributed by atoms with Gasteiger partial charge < -0.3 is 10.1 Å². The van der Waals surface area contributed by atoms with Gasteiger partial charge in [-0.15, -0.1) is 0 Å². The van der Waals surface area contributed by atoms with Crippen molar-refractivity contribution < 1.29 is 17.9 Å². The summed E-state index contributed by atoms with van der Waals surface area (Å²) in [5.41, 5.74) is 1.85. The summed E-state index contributed by atoms with van der Waals surface area (Å²) < 4.78 is 35.3. The zero-order chi connectivity index (χ0) is 25.4. The van der Waals surface area contributed by atoms with Crippen LogP contribution in [0.1, 0.15) is 35.8 Å². The van der Waals surface area contributed by atoms with Gasteiger partial charge in [-0.05, 0) is 62.1 Å². The van der Waals surface area contributed by atoms with Gasteiger partial charge in [0.15, 0.2) is 0 Å². The van der Waals surface area contributed by atoms with Gasteiger partial charge in [0.2, 0.25) is 15.2 Å². The fraction of sp³-hybridized carbons (Fsp3) is 0.320. The van der Waals surface area contributed by atoms with Gasteiger partial charge in [-0.25, -0.2) is 13.4 Å². The second-order valence-corrected chi connectivity index (χ2v) is 11.9. The van der Waals surface area contributed by atoms with Crippen LogP contribution in [-0.2, 0) is 10.0 Å². The lowest BCUT2D eigenvalue weighted by Crippen LogP contribution is -2.37. The van der Waals surface area contributed by atoms with Gasteiger partial charge in [0.25, 0.3) is 5.91 Å². The number of sulfonamides is 1. The summed E-state index contributed by atoms with van der Waals surface area (Å²) >= 11 is 1.45. The summed E-state index contributed by atoms with van der Waals surface area (Å²) in [6.07, 6.45) is 1.71. The van der Waals surface area contributed by atoms with E-state index in [1.807, 2.05) is 25.1 Å². The van der Waals surface area contributed by atoms with Gasteiger partial charge in [0.1, 0.15) is 11.6 Å². The predicted octanol–water partition coefficient (Wildman–Crippen LogP) is 4.47. The predicted molar refractivity (Wildman–Crippen MR) is 140 cm³/mol. The van der Waals surface area contributed by atoms with Gasteiger partial charge in [-0.3, -0.25) is 4.79 Å². The van der Waals surface area contributed by atoms with E-state index in [4.69, 9.17) is 4.74 Å². The highest BCUT2D eigenvalue weighted by atomic mass is 32.2. The highest BCUT2D eigenvalue weighted by molar-refractivity contribution is 7.89. The molecular weight excluding hydrogens is 498 g/mol. The Hall–Kier alpha value is -3.28. The first kappa shape index (κ1) is 24.4. The molecule has 5 rings (SSSR count). The summed E-state index contributed by atoms with van der Waals surface area (Å²) in [7, 11) is -1.97. The largest absolute Gasteiger partial charge is 0.497 e. The van der Waals surface area contributed by atoms with Crippen molar-refractivity contribution in [3.05, 3.63) is 59.8 Å². The fourth-order valence-electron chi connectivity index (χ4n) is 4.19. The second kappa shape index (κ2) is 9.64. The van der Waals surface area contributed by atoms with E-state index >= 15 is 0 Å². The minimum atomic E-state index is -3.57. The molecule has 1 amide bonds. The number of aromatic nitrogens is 3. The number of rotatable bonds is 6. The van der Waals surface area contributed by atoms with Gasteiger partial charge in [0.05, 0.1) is 27.9 Å². The first-order chi connectivity index (χ1) is 17.2.